The second-order valence-corrected chi connectivity index (χ2v) is 11.8. The van der Waals surface area contributed by atoms with Crippen molar-refractivity contribution >= 4 is 0 Å². The Morgan fingerprint density at radius 1 is 0.676 bits per heavy atom. The lowest BCUT2D eigenvalue weighted by Crippen LogP contribution is -2.26. The average Bonchev–Trinajstić information content (AvgIpc) is 3.27. The maximum atomic E-state index is 12.3. The Morgan fingerprint density at radius 2 is 1.05 bits per heavy atom. The van der Waals surface area contributed by atoms with Crippen molar-refractivity contribution < 1.29 is 14.9 Å². The molecule has 0 atom stereocenters. The van der Waals surface area contributed by atoms with E-state index in [9.17, 15) is 19.8 Å². The molecule has 37 heavy (non-hydrogen) atoms. The molecule has 0 saturated heterocycles. The summed E-state index contributed by atoms with van der Waals surface area (Å²) >= 11 is 0. The summed E-state index contributed by atoms with van der Waals surface area (Å²) in [5, 5.41) is 20.1. The van der Waals surface area contributed by atoms with E-state index in [1.807, 2.05) is 13.8 Å². The summed E-state index contributed by atoms with van der Waals surface area (Å²) in [5.41, 5.74) is -0.109. The van der Waals surface area contributed by atoms with E-state index in [2.05, 4.69) is 27.7 Å². The van der Waals surface area contributed by atoms with Gasteiger partial charge in [-0.2, -0.15) is 0 Å². The lowest BCUT2D eigenvalue weighted by atomic mass is 9.84. The SMILES string of the molecule is CCn1cc(O)n(CCC(C)(C)CCCCOCCCCC(C)(C)CCn2c(O)cn(CC)c2=O)c1=O. The number of unbranched alkanes of at least 4 members (excludes halogenated alkanes) is 2. The molecule has 0 radical (unpaired) electrons. The molecule has 9 nitrogen and oxygen atoms in total. The summed E-state index contributed by atoms with van der Waals surface area (Å²) in [6, 6.07) is 0. The topological polar surface area (TPSA) is 104 Å². The predicted octanol–water partition coefficient (Wildman–Crippen LogP) is 4.95. The van der Waals surface area contributed by atoms with Crippen molar-refractivity contribution in [2.45, 2.75) is 119 Å². The van der Waals surface area contributed by atoms with Gasteiger partial charge < -0.3 is 14.9 Å². The number of rotatable bonds is 18. The maximum Gasteiger partial charge on any atom is 0.331 e. The Balaban J connectivity index is 1.56. The third kappa shape index (κ3) is 9.43. The smallest absolute Gasteiger partial charge is 0.331 e. The van der Waals surface area contributed by atoms with Crippen LogP contribution in [-0.2, 0) is 30.9 Å². The highest BCUT2D eigenvalue weighted by Gasteiger charge is 2.21. The number of hydrogen-bond donors (Lipinski definition) is 2. The average molecular weight is 523 g/mol. The van der Waals surface area contributed by atoms with Gasteiger partial charge in [-0.05, 0) is 63.2 Å². The molecule has 0 unspecified atom stereocenters. The second-order valence-electron chi connectivity index (χ2n) is 11.8. The standard InChI is InChI=1S/C28H50N4O5/c1-7-29-21-23(33)31(25(29)35)17-15-27(3,4)13-9-11-19-37-20-12-10-14-28(5,6)16-18-32-24(34)22-30(8-2)26(32)36/h21-22,33-34H,7-20H2,1-6H3. The number of ether oxygens (including phenoxy) is 1. The summed E-state index contributed by atoms with van der Waals surface area (Å²) in [6.45, 7) is 16.3. The molecule has 0 bridgehead atoms. The van der Waals surface area contributed by atoms with Crippen molar-refractivity contribution in [2.75, 3.05) is 13.2 Å². The molecule has 9 heteroatoms. The van der Waals surface area contributed by atoms with Gasteiger partial charge in [0.15, 0.2) is 0 Å². The zero-order valence-corrected chi connectivity index (χ0v) is 24.0. The highest BCUT2D eigenvalue weighted by Crippen LogP contribution is 2.30. The summed E-state index contributed by atoms with van der Waals surface area (Å²) in [4.78, 5) is 24.5. The molecule has 0 saturated carbocycles. The number of aryl methyl sites for hydroxylation is 2. The summed E-state index contributed by atoms with van der Waals surface area (Å²) < 4.78 is 11.8. The number of nitrogens with zero attached hydrogens (tertiary/aromatic N) is 4. The van der Waals surface area contributed by atoms with Crippen LogP contribution in [0.2, 0.25) is 0 Å². The molecule has 0 amide bonds. The van der Waals surface area contributed by atoms with E-state index >= 15 is 0 Å². The van der Waals surface area contributed by atoms with Crippen molar-refractivity contribution in [3.8, 4) is 11.8 Å². The van der Waals surface area contributed by atoms with E-state index in [0.717, 1.165) is 64.6 Å². The van der Waals surface area contributed by atoms with Crippen molar-refractivity contribution in [2.24, 2.45) is 10.8 Å². The largest absolute Gasteiger partial charge is 0.493 e. The summed E-state index contributed by atoms with van der Waals surface area (Å²) in [7, 11) is 0. The normalized spacial score (nSPS) is 12.5. The maximum absolute atomic E-state index is 12.3. The molecule has 0 spiro atoms. The first-order chi connectivity index (χ1) is 17.4. The van der Waals surface area contributed by atoms with Gasteiger partial charge in [0, 0.05) is 39.4 Å². The zero-order valence-electron chi connectivity index (χ0n) is 24.0. The van der Waals surface area contributed by atoms with Crippen LogP contribution in [0.25, 0.3) is 0 Å². The molecular formula is C28H50N4O5. The fourth-order valence-electron chi connectivity index (χ4n) is 4.70. The van der Waals surface area contributed by atoms with E-state index in [1.54, 1.807) is 0 Å². The van der Waals surface area contributed by atoms with E-state index in [0.29, 0.717) is 26.2 Å². The first kappa shape index (κ1) is 30.8. The first-order valence-corrected chi connectivity index (χ1v) is 14.0. The van der Waals surface area contributed by atoms with Gasteiger partial charge in [0.1, 0.15) is 0 Å². The van der Waals surface area contributed by atoms with Gasteiger partial charge in [-0.3, -0.25) is 18.3 Å². The minimum atomic E-state index is -0.144. The van der Waals surface area contributed by atoms with Crippen LogP contribution in [0.3, 0.4) is 0 Å². The van der Waals surface area contributed by atoms with Gasteiger partial charge in [0.05, 0.1) is 12.4 Å². The molecule has 2 heterocycles. The monoisotopic (exact) mass is 522 g/mol. The Bertz CT molecular complexity index is 989. The molecule has 0 aliphatic rings. The minimum absolute atomic E-state index is 0.0425. The van der Waals surface area contributed by atoms with Gasteiger partial charge in [0.2, 0.25) is 11.8 Å². The Kier molecular flexibility index (Phi) is 11.6. The zero-order chi connectivity index (χ0) is 27.6. The molecule has 0 aromatic carbocycles. The van der Waals surface area contributed by atoms with Crippen molar-refractivity contribution in [1.82, 2.24) is 18.3 Å². The second kappa shape index (κ2) is 13.9. The molecule has 0 aliphatic carbocycles. The Morgan fingerprint density at radius 3 is 1.38 bits per heavy atom. The van der Waals surface area contributed by atoms with Crippen LogP contribution in [0, 0.1) is 10.8 Å². The van der Waals surface area contributed by atoms with Gasteiger partial charge in [-0.25, -0.2) is 9.59 Å². The van der Waals surface area contributed by atoms with E-state index < -0.39 is 0 Å². The summed E-state index contributed by atoms with van der Waals surface area (Å²) in [5.74, 6) is 0.0850. The van der Waals surface area contributed by atoms with Crippen molar-refractivity contribution in [3.63, 3.8) is 0 Å². The molecule has 2 aromatic heterocycles. The number of imidazole rings is 2. The molecule has 2 rings (SSSR count). The van der Waals surface area contributed by atoms with Gasteiger partial charge in [0.25, 0.3) is 0 Å². The van der Waals surface area contributed by atoms with Gasteiger partial charge in [-0.15, -0.1) is 0 Å². The van der Waals surface area contributed by atoms with E-state index in [-0.39, 0.29) is 34.0 Å². The molecule has 212 valence electrons. The van der Waals surface area contributed by atoms with Crippen LogP contribution >= 0.6 is 0 Å². The number of aromatic hydroxyl groups is 2. The molecule has 2 aromatic rings. The Labute approximate surface area is 221 Å². The van der Waals surface area contributed by atoms with Gasteiger partial charge in [-0.1, -0.05) is 40.5 Å². The van der Waals surface area contributed by atoms with E-state index in [4.69, 9.17) is 4.74 Å². The molecule has 0 fully saturated rings. The Hall–Kier alpha value is -2.42. The van der Waals surface area contributed by atoms with Crippen molar-refractivity contribution in [3.05, 3.63) is 33.4 Å². The quantitative estimate of drug-likeness (QED) is 0.270. The van der Waals surface area contributed by atoms with Crippen LogP contribution in [-0.4, -0.2) is 41.7 Å². The van der Waals surface area contributed by atoms with Crippen LogP contribution in [0.15, 0.2) is 22.0 Å². The minimum Gasteiger partial charge on any atom is -0.493 e. The van der Waals surface area contributed by atoms with Crippen LogP contribution in [0.5, 0.6) is 11.8 Å². The van der Waals surface area contributed by atoms with Gasteiger partial charge >= 0.3 is 11.4 Å². The third-order valence-corrected chi connectivity index (χ3v) is 7.54. The van der Waals surface area contributed by atoms with Crippen LogP contribution in [0.1, 0.15) is 92.9 Å². The lowest BCUT2D eigenvalue weighted by Gasteiger charge is -2.25. The lowest BCUT2D eigenvalue weighted by molar-refractivity contribution is 0.119. The fourth-order valence-corrected chi connectivity index (χ4v) is 4.70. The number of aromatic nitrogens is 4. The molecule has 0 aliphatic heterocycles. The van der Waals surface area contributed by atoms with Crippen LogP contribution in [0.4, 0.5) is 0 Å². The van der Waals surface area contributed by atoms with Crippen molar-refractivity contribution in [1.29, 1.82) is 0 Å². The van der Waals surface area contributed by atoms with Crippen LogP contribution < -0.4 is 11.4 Å². The van der Waals surface area contributed by atoms with E-state index in [1.165, 1.54) is 30.7 Å². The number of hydrogen-bond acceptors (Lipinski definition) is 5. The molecular weight excluding hydrogens is 472 g/mol. The third-order valence-electron chi connectivity index (χ3n) is 7.54. The molecule has 2 N–H and O–H groups in total. The highest BCUT2D eigenvalue weighted by molar-refractivity contribution is 5.06. The first-order valence-electron chi connectivity index (χ1n) is 14.0. The summed E-state index contributed by atoms with van der Waals surface area (Å²) in [6.07, 6.45) is 11.0. The predicted molar refractivity (Wildman–Crippen MR) is 147 cm³/mol. The highest BCUT2D eigenvalue weighted by atomic mass is 16.5. The fraction of sp³-hybridized carbons (Fsp3) is 0.786.